The highest BCUT2D eigenvalue weighted by Crippen LogP contribution is 2.33. The van der Waals surface area contributed by atoms with Gasteiger partial charge in [0, 0.05) is 18.1 Å². The van der Waals surface area contributed by atoms with Gasteiger partial charge < -0.3 is 20.5 Å². The summed E-state index contributed by atoms with van der Waals surface area (Å²) in [6.45, 7) is 7.11. The van der Waals surface area contributed by atoms with Gasteiger partial charge in [0.25, 0.3) is 0 Å². The lowest BCUT2D eigenvalue weighted by atomic mass is 9.82. The number of fused-ring (bicyclic) bond motifs is 1. The molecule has 0 radical (unpaired) electrons. The third-order valence-corrected chi connectivity index (χ3v) is 8.61. The van der Waals surface area contributed by atoms with E-state index in [0.717, 1.165) is 18.6 Å². The summed E-state index contributed by atoms with van der Waals surface area (Å²) in [6.07, 6.45) is -2.48. The summed E-state index contributed by atoms with van der Waals surface area (Å²) >= 11 is 0. The van der Waals surface area contributed by atoms with Crippen molar-refractivity contribution in [3.05, 3.63) is 23.8 Å². The Balaban J connectivity index is 1.67. The maximum Gasteiger partial charge on any atom is 0.416 e. The number of nitrogens with zero attached hydrogens (tertiary/aromatic N) is 1. The number of rotatable bonds is 9. The fourth-order valence-electron chi connectivity index (χ4n) is 4.42. The summed E-state index contributed by atoms with van der Waals surface area (Å²) in [4.78, 5) is 12.7. The van der Waals surface area contributed by atoms with Gasteiger partial charge in [0.1, 0.15) is 0 Å². The summed E-state index contributed by atoms with van der Waals surface area (Å²) in [5.41, 5.74) is -0.683. The number of nitrogens with one attached hydrogen (secondary N) is 3. The molecule has 0 spiro atoms. The zero-order valence-corrected chi connectivity index (χ0v) is 21.1. The van der Waals surface area contributed by atoms with Crippen molar-refractivity contribution in [3.63, 3.8) is 0 Å². The topological polar surface area (TPSA) is 113 Å². The highest BCUT2D eigenvalue weighted by Gasteiger charge is 2.35. The molecule has 2 aromatic rings. The average molecular weight is 519 g/mol. The van der Waals surface area contributed by atoms with Crippen LogP contribution >= 0.6 is 0 Å². The van der Waals surface area contributed by atoms with Crippen LogP contribution in [0.4, 0.5) is 19.0 Å². The Morgan fingerprint density at radius 1 is 1.20 bits per heavy atom. The van der Waals surface area contributed by atoms with Crippen molar-refractivity contribution in [2.75, 3.05) is 17.6 Å². The Hall–Kier alpha value is -2.34. The van der Waals surface area contributed by atoms with Gasteiger partial charge in [-0.1, -0.05) is 19.0 Å². The molecule has 1 heterocycles. The molecule has 12 heteroatoms. The van der Waals surface area contributed by atoms with E-state index in [0.29, 0.717) is 12.8 Å². The molecule has 1 saturated carbocycles. The van der Waals surface area contributed by atoms with Crippen LogP contribution in [0.1, 0.15) is 52.5 Å². The average Bonchev–Trinajstić information content (AvgIpc) is 3.15. The number of aromatic nitrogens is 1. The molecular weight excluding hydrogens is 485 g/mol. The lowest BCUT2D eigenvalue weighted by Crippen LogP contribution is -2.51. The van der Waals surface area contributed by atoms with Crippen LogP contribution in [-0.4, -0.2) is 55.2 Å². The van der Waals surface area contributed by atoms with Crippen molar-refractivity contribution in [2.24, 2.45) is 5.92 Å². The lowest BCUT2D eigenvalue weighted by Gasteiger charge is -2.38. The number of carbonyl (C=O) groups is 1. The molecule has 1 aliphatic rings. The SMILES string of the molecule is CC(C)N[C@@H]1CC[C@H](NC(=O)CNc2noc3ccc(C(F)(F)F)cc23)[C@H](CS(=O)(=O)C(C)C)C1. The van der Waals surface area contributed by atoms with Gasteiger partial charge in [0.15, 0.2) is 21.2 Å². The first-order valence-corrected chi connectivity index (χ1v) is 13.4. The molecule has 0 saturated heterocycles. The van der Waals surface area contributed by atoms with Gasteiger partial charge in [0.2, 0.25) is 5.91 Å². The number of carbonyl (C=O) groups excluding carboxylic acids is 1. The van der Waals surface area contributed by atoms with E-state index in [4.69, 9.17) is 4.52 Å². The van der Waals surface area contributed by atoms with Gasteiger partial charge in [-0.3, -0.25) is 4.79 Å². The van der Waals surface area contributed by atoms with Crippen molar-refractivity contribution in [1.82, 2.24) is 15.8 Å². The molecule has 1 aliphatic carbocycles. The van der Waals surface area contributed by atoms with E-state index in [2.05, 4.69) is 21.1 Å². The van der Waals surface area contributed by atoms with Gasteiger partial charge in [-0.2, -0.15) is 13.2 Å². The number of anilines is 1. The highest BCUT2D eigenvalue weighted by molar-refractivity contribution is 7.91. The van der Waals surface area contributed by atoms with E-state index in [-0.39, 0.29) is 53.1 Å². The van der Waals surface area contributed by atoms with Crippen LogP contribution < -0.4 is 16.0 Å². The van der Waals surface area contributed by atoms with Crippen LogP contribution in [0.2, 0.25) is 0 Å². The van der Waals surface area contributed by atoms with E-state index in [9.17, 15) is 26.4 Å². The summed E-state index contributed by atoms with van der Waals surface area (Å²) < 4.78 is 69.4. The number of sulfone groups is 1. The Morgan fingerprint density at radius 2 is 1.91 bits per heavy atom. The third kappa shape index (κ3) is 7.09. The molecule has 3 atom stereocenters. The van der Waals surface area contributed by atoms with Crippen molar-refractivity contribution >= 4 is 32.5 Å². The fraction of sp³-hybridized carbons (Fsp3) is 0.652. The predicted molar refractivity (Wildman–Crippen MR) is 128 cm³/mol. The van der Waals surface area contributed by atoms with Crippen LogP contribution in [0.25, 0.3) is 11.0 Å². The Kier molecular flexibility index (Phi) is 8.36. The van der Waals surface area contributed by atoms with Gasteiger partial charge in [-0.25, -0.2) is 8.42 Å². The standard InChI is InChI=1S/C23H33F3N4O4S/c1-13(2)28-17-6-7-19(15(9-17)12-35(32,33)14(3)4)29-21(31)11-27-22-18-10-16(23(24,25)26)5-8-20(18)34-30-22/h5,8,10,13-15,17,19,28H,6-7,9,11-12H2,1-4H3,(H,27,30)(H,29,31)/t15-,17+,19-/m0/s1. The molecule has 1 fully saturated rings. The monoisotopic (exact) mass is 518 g/mol. The van der Waals surface area contributed by atoms with Crippen molar-refractivity contribution in [3.8, 4) is 0 Å². The smallest absolute Gasteiger partial charge is 0.358 e. The van der Waals surface area contributed by atoms with Crippen LogP contribution in [0, 0.1) is 5.92 Å². The molecule has 1 aromatic carbocycles. The van der Waals surface area contributed by atoms with Gasteiger partial charge in [-0.15, -0.1) is 0 Å². The zero-order valence-electron chi connectivity index (χ0n) is 20.3. The fourth-order valence-corrected chi connectivity index (χ4v) is 5.77. The first kappa shape index (κ1) is 27.3. The molecule has 3 N–H and O–H groups in total. The zero-order chi connectivity index (χ0) is 26.0. The number of alkyl halides is 3. The summed E-state index contributed by atoms with van der Waals surface area (Å²) in [5, 5.41) is 12.5. The number of hydrogen-bond acceptors (Lipinski definition) is 7. The molecule has 1 amide bonds. The number of halogens is 3. The molecule has 8 nitrogen and oxygen atoms in total. The predicted octanol–water partition coefficient (Wildman–Crippen LogP) is 3.73. The third-order valence-electron chi connectivity index (χ3n) is 6.28. The minimum atomic E-state index is -4.52. The van der Waals surface area contributed by atoms with Gasteiger partial charge in [0.05, 0.1) is 28.5 Å². The number of hydrogen-bond donors (Lipinski definition) is 3. The molecule has 35 heavy (non-hydrogen) atoms. The summed E-state index contributed by atoms with van der Waals surface area (Å²) in [6, 6.07) is 3.10. The molecule has 0 aliphatic heterocycles. The molecule has 3 rings (SSSR count). The van der Waals surface area contributed by atoms with E-state index < -0.39 is 32.7 Å². The molecule has 196 valence electrons. The minimum absolute atomic E-state index is 0.0204. The van der Waals surface area contributed by atoms with E-state index in [1.807, 2.05) is 13.8 Å². The lowest BCUT2D eigenvalue weighted by molar-refractivity contribution is -0.137. The molecular formula is C23H33F3N4O4S. The Labute approximate surface area is 203 Å². The Morgan fingerprint density at radius 3 is 2.54 bits per heavy atom. The number of amides is 1. The van der Waals surface area contributed by atoms with Crippen molar-refractivity contribution < 1.29 is 30.9 Å². The minimum Gasteiger partial charge on any atom is -0.358 e. The van der Waals surface area contributed by atoms with Crippen molar-refractivity contribution in [2.45, 2.75) is 76.5 Å². The second kappa shape index (κ2) is 10.7. The quantitative estimate of drug-likeness (QED) is 0.464. The van der Waals surface area contributed by atoms with E-state index >= 15 is 0 Å². The Bertz CT molecular complexity index is 1130. The maximum atomic E-state index is 13.0. The first-order valence-electron chi connectivity index (χ1n) is 11.7. The van der Waals surface area contributed by atoms with Gasteiger partial charge in [-0.05, 0) is 57.2 Å². The van der Waals surface area contributed by atoms with Crippen LogP contribution in [0.15, 0.2) is 22.7 Å². The highest BCUT2D eigenvalue weighted by atomic mass is 32.2. The largest absolute Gasteiger partial charge is 0.416 e. The van der Waals surface area contributed by atoms with Crippen molar-refractivity contribution in [1.29, 1.82) is 0 Å². The normalized spacial score (nSPS) is 21.6. The van der Waals surface area contributed by atoms with Gasteiger partial charge >= 0.3 is 6.18 Å². The van der Waals surface area contributed by atoms with E-state index in [1.165, 1.54) is 6.07 Å². The summed E-state index contributed by atoms with van der Waals surface area (Å²) in [7, 11) is -3.32. The first-order chi connectivity index (χ1) is 16.3. The summed E-state index contributed by atoms with van der Waals surface area (Å²) in [5.74, 6) is -0.642. The maximum absolute atomic E-state index is 13.0. The van der Waals surface area contributed by atoms with E-state index in [1.54, 1.807) is 13.8 Å². The van der Waals surface area contributed by atoms with Crippen LogP contribution in [-0.2, 0) is 20.8 Å². The second-order valence-electron chi connectivity index (χ2n) is 9.74. The van der Waals surface area contributed by atoms with Crippen LogP contribution in [0.3, 0.4) is 0 Å². The molecule has 1 aromatic heterocycles. The second-order valence-corrected chi connectivity index (χ2v) is 12.3. The van der Waals surface area contributed by atoms with Crippen LogP contribution in [0.5, 0.6) is 0 Å². The number of benzene rings is 1. The molecule has 0 bridgehead atoms. The molecule has 0 unspecified atom stereocenters.